The molecule has 0 radical (unpaired) electrons. The zero-order valence-electron chi connectivity index (χ0n) is 19.6. The van der Waals surface area contributed by atoms with Crippen molar-refractivity contribution in [1.29, 1.82) is 5.26 Å². The predicted molar refractivity (Wildman–Crippen MR) is 131 cm³/mol. The Morgan fingerprint density at radius 3 is 2.94 bits per heavy atom. The van der Waals surface area contributed by atoms with Gasteiger partial charge in [0, 0.05) is 48.0 Å². The van der Waals surface area contributed by atoms with Crippen LogP contribution in [0.3, 0.4) is 0 Å². The zero-order valence-corrected chi connectivity index (χ0v) is 19.6. The van der Waals surface area contributed by atoms with E-state index in [-0.39, 0.29) is 12.5 Å². The fourth-order valence-corrected chi connectivity index (χ4v) is 4.46. The van der Waals surface area contributed by atoms with Crippen LogP contribution in [0.25, 0.3) is 21.9 Å². The molecule has 2 aromatic heterocycles. The van der Waals surface area contributed by atoms with E-state index in [0.717, 1.165) is 22.2 Å². The topological polar surface area (TPSA) is 144 Å². The Hall–Kier alpha value is -4.10. The van der Waals surface area contributed by atoms with Gasteiger partial charge in [-0.3, -0.25) is 5.32 Å². The van der Waals surface area contributed by atoms with Crippen molar-refractivity contribution >= 4 is 34.1 Å². The summed E-state index contributed by atoms with van der Waals surface area (Å²) in [5.74, 6) is 1.40. The van der Waals surface area contributed by atoms with Crippen molar-refractivity contribution in [3.8, 4) is 23.1 Å². The summed E-state index contributed by atoms with van der Waals surface area (Å²) >= 11 is 0. The molecule has 2 aliphatic rings. The molecule has 1 fully saturated rings. The minimum atomic E-state index is -0.585. The maximum Gasteiger partial charge on any atom is 0.412 e. The second kappa shape index (κ2) is 9.27. The van der Waals surface area contributed by atoms with Crippen LogP contribution >= 0.6 is 0 Å². The number of carbonyl (C=O) groups excluding carboxylic acids is 1. The van der Waals surface area contributed by atoms with Gasteiger partial charge in [-0.1, -0.05) is 6.92 Å². The lowest BCUT2D eigenvalue weighted by Crippen LogP contribution is -2.22. The quantitative estimate of drug-likeness (QED) is 0.482. The molecule has 5 rings (SSSR count). The summed E-state index contributed by atoms with van der Waals surface area (Å²) in [4.78, 5) is 21.1. The average Bonchev–Trinajstić information content (AvgIpc) is 3.27. The van der Waals surface area contributed by atoms with Gasteiger partial charge in [0.1, 0.15) is 24.2 Å². The third-order valence-corrected chi connectivity index (χ3v) is 6.59. The minimum absolute atomic E-state index is 0.186. The first-order valence-corrected chi connectivity index (χ1v) is 11.5. The number of ether oxygens (including phenoxy) is 3. The lowest BCUT2D eigenvalue weighted by Gasteiger charge is -2.22. The number of nitrogen functional groups attached to an aromatic ring is 1. The molecule has 2 aliphatic heterocycles. The molecule has 4 heterocycles. The van der Waals surface area contributed by atoms with Crippen molar-refractivity contribution in [1.82, 2.24) is 9.97 Å². The molecule has 0 unspecified atom stereocenters. The lowest BCUT2D eigenvalue weighted by molar-refractivity contribution is 0.125. The molecule has 10 nitrogen and oxygen atoms in total. The number of nitrogens with one attached hydrogen (secondary N) is 2. The molecule has 35 heavy (non-hydrogen) atoms. The summed E-state index contributed by atoms with van der Waals surface area (Å²) in [7, 11) is 0. The van der Waals surface area contributed by atoms with E-state index < -0.39 is 6.09 Å². The highest BCUT2D eigenvalue weighted by atomic mass is 16.6. The van der Waals surface area contributed by atoms with E-state index in [1.165, 1.54) is 0 Å². The SMILES string of the molecule is Cc1c(-c2cc3cc(NC(=O)OC[C@H]4COC[C@@H]4C)ncc3c(N)c2C#N)cnc2c1NCCO2. The van der Waals surface area contributed by atoms with Crippen LogP contribution in [0.2, 0.25) is 0 Å². The van der Waals surface area contributed by atoms with Gasteiger partial charge in [0.2, 0.25) is 5.88 Å². The van der Waals surface area contributed by atoms with Crippen LogP contribution in [0.4, 0.5) is 22.0 Å². The summed E-state index contributed by atoms with van der Waals surface area (Å²) in [5, 5.41) is 17.2. The van der Waals surface area contributed by atoms with Gasteiger partial charge in [0.15, 0.2) is 0 Å². The number of hydrogen-bond acceptors (Lipinski definition) is 9. The van der Waals surface area contributed by atoms with E-state index in [9.17, 15) is 10.1 Å². The lowest BCUT2D eigenvalue weighted by atomic mass is 9.93. The molecule has 0 saturated carbocycles. The van der Waals surface area contributed by atoms with Crippen molar-refractivity contribution in [3.63, 3.8) is 0 Å². The monoisotopic (exact) mass is 474 g/mol. The number of nitrogens with zero attached hydrogens (tertiary/aromatic N) is 3. The van der Waals surface area contributed by atoms with E-state index in [1.54, 1.807) is 18.5 Å². The number of nitriles is 1. The number of hydrogen-bond donors (Lipinski definition) is 3. The maximum atomic E-state index is 12.3. The van der Waals surface area contributed by atoms with Crippen LogP contribution in [-0.4, -0.2) is 49.0 Å². The minimum Gasteiger partial charge on any atom is -0.474 e. The number of rotatable bonds is 4. The van der Waals surface area contributed by atoms with Crippen LogP contribution in [0.5, 0.6) is 5.88 Å². The standard InChI is InChI=1S/C25H26N6O4/c1-13-10-33-11-16(13)12-35-25(32)31-21-6-15-5-17(18(7-26)22(27)20(15)9-29-21)19-8-30-24-23(14(19)2)28-3-4-34-24/h5-6,8-9,13,16,28H,3-4,10-12,27H2,1-2H3,(H,29,31,32)/t13-,16+/m0/s1. The molecule has 4 N–H and O–H groups in total. The van der Waals surface area contributed by atoms with E-state index in [0.29, 0.717) is 66.2 Å². The van der Waals surface area contributed by atoms with Crippen LogP contribution in [0.15, 0.2) is 24.5 Å². The molecule has 180 valence electrons. The Balaban J connectivity index is 1.46. The van der Waals surface area contributed by atoms with Crippen molar-refractivity contribution in [2.45, 2.75) is 13.8 Å². The fraction of sp³-hybridized carbons (Fsp3) is 0.360. The highest BCUT2D eigenvalue weighted by molar-refractivity contribution is 6.02. The number of anilines is 3. The van der Waals surface area contributed by atoms with E-state index in [1.807, 2.05) is 13.0 Å². The third kappa shape index (κ3) is 4.26. The van der Waals surface area contributed by atoms with Gasteiger partial charge in [0.05, 0.1) is 24.5 Å². The predicted octanol–water partition coefficient (Wildman–Crippen LogP) is 3.69. The second-order valence-corrected chi connectivity index (χ2v) is 8.87. The molecular weight excluding hydrogens is 448 g/mol. The highest BCUT2D eigenvalue weighted by Gasteiger charge is 2.26. The first kappa shape index (κ1) is 22.7. The second-order valence-electron chi connectivity index (χ2n) is 8.87. The molecule has 0 bridgehead atoms. The molecule has 0 spiro atoms. The fourth-order valence-electron chi connectivity index (χ4n) is 4.46. The van der Waals surface area contributed by atoms with Crippen LogP contribution in [0, 0.1) is 30.1 Å². The maximum absolute atomic E-state index is 12.3. The Labute approximate surface area is 202 Å². The van der Waals surface area contributed by atoms with Gasteiger partial charge >= 0.3 is 6.09 Å². The van der Waals surface area contributed by atoms with Crippen molar-refractivity contribution in [2.24, 2.45) is 11.8 Å². The molecule has 1 saturated heterocycles. The molecule has 1 aromatic carbocycles. The van der Waals surface area contributed by atoms with Gasteiger partial charge in [0.25, 0.3) is 0 Å². The molecule has 1 amide bonds. The Bertz CT molecular complexity index is 1350. The summed E-state index contributed by atoms with van der Waals surface area (Å²) in [6.45, 7) is 6.79. The van der Waals surface area contributed by atoms with Crippen LogP contribution in [0.1, 0.15) is 18.1 Å². The Morgan fingerprint density at radius 1 is 1.31 bits per heavy atom. The number of pyridine rings is 2. The first-order valence-electron chi connectivity index (χ1n) is 11.5. The van der Waals surface area contributed by atoms with Crippen LogP contribution in [-0.2, 0) is 9.47 Å². The number of carbonyl (C=O) groups is 1. The number of benzene rings is 1. The largest absolute Gasteiger partial charge is 0.474 e. The van der Waals surface area contributed by atoms with Crippen LogP contribution < -0.4 is 21.1 Å². The van der Waals surface area contributed by atoms with Crippen molar-refractivity contribution in [2.75, 3.05) is 49.3 Å². The number of amides is 1. The summed E-state index contributed by atoms with van der Waals surface area (Å²) in [6, 6.07) is 5.79. The number of aromatic nitrogens is 2. The summed E-state index contributed by atoms with van der Waals surface area (Å²) in [5.41, 5.74) is 10.2. The van der Waals surface area contributed by atoms with Gasteiger partial charge < -0.3 is 25.3 Å². The van der Waals surface area contributed by atoms with Crippen molar-refractivity contribution in [3.05, 3.63) is 35.7 Å². The van der Waals surface area contributed by atoms with Gasteiger partial charge in [-0.25, -0.2) is 14.8 Å². The van der Waals surface area contributed by atoms with Gasteiger partial charge in [-0.05, 0) is 35.9 Å². The van der Waals surface area contributed by atoms with Crippen molar-refractivity contribution < 1.29 is 19.0 Å². The third-order valence-electron chi connectivity index (χ3n) is 6.59. The van der Waals surface area contributed by atoms with E-state index >= 15 is 0 Å². The van der Waals surface area contributed by atoms with E-state index in [2.05, 4.69) is 33.6 Å². The zero-order chi connectivity index (χ0) is 24.5. The average molecular weight is 475 g/mol. The summed E-state index contributed by atoms with van der Waals surface area (Å²) < 4.78 is 16.4. The van der Waals surface area contributed by atoms with E-state index in [4.69, 9.17) is 19.9 Å². The number of fused-ring (bicyclic) bond motifs is 2. The van der Waals surface area contributed by atoms with Gasteiger partial charge in [-0.15, -0.1) is 0 Å². The Morgan fingerprint density at radius 2 is 2.17 bits per heavy atom. The first-order chi connectivity index (χ1) is 17.0. The highest BCUT2D eigenvalue weighted by Crippen LogP contribution is 2.40. The summed E-state index contributed by atoms with van der Waals surface area (Å²) in [6.07, 6.45) is 2.65. The molecular formula is C25H26N6O4. The molecule has 0 aliphatic carbocycles. The molecule has 3 aromatic rings. The molecule has 10 heteroatoms. The normalized spacial score (nSPS) is 18.8. The smallest absolute Gasteiger partial charge is 0.412 e. The molecule has 2 atom stereocenters. The van der Waals surface area contributed by atoms with Gasteiger partial charge in [-0.2, -0.15) is 5.26 Å². The Kier molecular flexibility index (Phi) is 6.01. The number of nitrogens with two attached hydrogens (primary N) is 1.